The maximum atomic E-state index is 12.1. The first-order valence-electron chi connectivity index (χ1n) is 5.50. The third kappa shape index (κ3) is 3.03. The second kappa shape index (κ2) is 5.27. The van der Waals surface area contributed by atoms with E-state index < -0.39 is 5.91 Å². The summed E-state index contributed by atoms with van der Waals surface area (Å²) in [7, 11) is 0. The van der Waals surface area contributed by atoms with Crippen LogP contribution in [0.2, 0.25) is 0 Å². The van der Waals surface area contributed by atoms with Crippen LogP contribution in [0.25, 0.3) is 0 Å². The predicted molar refractivity (Wildman–Crippen MR) is 77.1 cm³/mol. The molecule has 0 bridgehead atoms. The lowest BCUT2D eigenvalue weighted by Gasteiger charge is -2.09. The summed E-state index contributed by atoms with van der Waals surface area (Å²) in [5, 5.41) is 12.2. The number of nitrogen functional groups attached to an aromatic ring is 1. The molecule has 0 fully saturated rings. The number of aromatic hydroxyl groups is 1. The first-order chi connectivity index (χ1) is 8.97. The van der Waals surface area contributed by atoms with Gasteiger partial charge in [-0.15, -0.1) is 0 Å². The molecule has 0 atom stereocenters. The van der Waals surface area contributed by atoms with E-state index >= 15 is 0 Å². The second-order valence-corrected chi connectivity index (χ2v) is 4.87. The maximum Gasteiger partial charge on any atom is 0.258 e. The third-order valence-corrected chi connectivity index (χ3v) is 3.17. The van der Waals surface area contributed by atoms with E-state index in [1.807, 2.05) is 0 Å². The van der Waals surface area contributed by atoms with Crippen LogP contribution in [0.1, 0.15) is 16.1 Å². The minimum absolute atomic E-state index is 0.0843. The molecular formula is C13H12BrN3O2. The van der Waals surface area contributed by atoms with Gasteiger partial charge in [0.2, 0.25) is 0 Å². The van der Waals surface area contributed by atoms with Gasteiger partial charge in [0.25, 0.3) is 5.91 Å². The van der Waals surface area contributed by atoms with Gasteiger partial charge in [0, 0.05) is 15.9 Å². The van der Waals surface area contributed by atoms with E-state index in [4.69, 9.17) is 5.73 Å². The Labute approximate surface area is 118 Å². The zero-order valence-corrected chi connectivity index (χ0v) is 11.7. The lowest BCUT2D eigenvalue weighted by atomic mass is 10.2. The number of rotatable bonds is 2. The molecule has 19 heavy (non-hydrogen) atoms. The van der Waals surface area contributed by atoms with E-state index in [0.29, 0.717) is 21.4 Å². The van der Waals surface area contributed by atoms with E-state index in [2.05, 4.69) is 26.2 Å². The second-order valence-electron chi connectivity index (χ2n) is 4.01. The molecule has 1 aromatic carbocycles. The molecule has 2 aromatic rings. The number of aryl methyl sites for hydroxylation is 1. The minimum atomic E-state index is -0.396. The number of hydrogen-bond acceptors (Lipinski definition) is 4. The molecule has 4 N–H and O–H groups in total. The quantitative estimate of drug-likeness (QED) is 0.742. The Hall–Kier alpha value is -2.08. The summed E-state index contributed by atoms with van der Waals surface area (Å²) in [6.07, 6.45) is 0. The number of halogens is 1. The van der Waals surface area contributed by atoms with Gasteiger partial charge in [-0.25, -0.2) is 4.98 Å². The Morgan fingerprint density at radius 1 is 1.37 bits per heavy atom. The predicted octanol–water partition coefficient (Wildman–Crippen LogP) is 2.69. The molecule has 0 unspecified atom stereocenters. The van der Waals surface area contributed by atoms with E-state index in [0.717, 1.165) is 0 Å². The topological polar surface area (TPSA) is 88.2 Å². The number of nitrogens with two attached hydrogens (primary N) is 1. The Kier molecular flexibility index (Phi) is 3.71. The highest BCUT2D eigenvalue weighted by Gasteiger charge is 2.13. The molecular weight excluding hydrogens is 310 g/mol. The smallest absolute Gasteiger partial charge is 0.258 e. The SMILES string of the molecule is Cc1ccc(O)c(NC(=O)c2cc(N)ccc2Br)n1. The van der Waals surface area contributed by atoms with Gasteiger partial charge in [-0.05, 0) is 53.2 Å². The molecule has 0 aliphatic rings. The van der Waals surface area contributed by atoms with Gasteiger partial charge in [0.15, 0.2) is 11.6 Å². The van der Waals surface area contributed by atoms with Gasteiger partial charge >= 0.3 is 0 Å². The summed E-state index contributed by atoms with van der Waals surface area (Å²) in [4.78, 5) is 16.2. The molecule has 0 saturated heterocycles. The first kappa shape index (κ1) is 13.4. The highest BCUT2D eigenvalue weighted by molar-refractivity contribution is 9.10. The summed E-state index contributed by atoms with van der Waals surface area (Å²) in [6, 6.07) is 8.05. The van der Waals surface area contributed by atoms with Crippen molar-refractivity contribution in [3.63, 3.8) is 0 Å². The van der Waals surface area contributed by atoms with Crippen molar-refractivity contribution in [3.05, 3.63) is 46.1 Å². The van der Waals surface area contributed by atoms with Crippen molar-refractivity contribution >= 4 is 33.3 Å². The highest BCUT2D eigenvalue weighted by Crippen LogP contribution is 2.24. The first-order valence-corrected chi connectivity index (χ1v) is 6.29. The van der Waals surface area contributed by atoms with Crippen LogP contribution in [0.15, 0.2) is 34.8 Å². The van der Waals surface area contributed by atoms with Crippen LogP contribution >= 0.6 is 15.9 Å². The largest absolute Gasteiger partial charge is 0.504 e. The molecule has 0 spiro atoms. The molecule has 0 saturated carbocycles. The molecule has 2 rings (SSSR count). The highest BCUT2D eigenvalue weighted by atomic mass is 79.9. The average Bonchev–Trinajstić information content (AvgIpc) is 2.36. The van der Waals surface area contributed by atoms with Crippen LogP contribution < -0.4 is 11.1 Å². The molecule has 5 nitrogen and oxygen atoms in total. The van der Waals surface area contributed by atoms with Crippen LogP contribution in [-0.2, 0) is 0 Å². The van der Waals surface area contributed by atoms with Gasteiger partial charge in [-0.2, -0.15) is 0 Å². The number of pyridine rings is 1. The molecule has 6 heteroatoms. The van der Waals surface area contributed by atoms with Crippen molar-refractivity contribution in [3.8, 4) is 5.75 Å². The molecule has 0 aliphatic heterocycles. The summed E-state index contributed by atoms with van der Waals surface area (Å²) in [5.74, 6) is -0.356. The van der Waals surface area contributed by atoms with E-state index in [-0.39, 0.29) is 11.6 Å². The van der Waals surface area contributed by atoms with Crippen molar-refractivity contribution in [1.29, 1.82) is 0 Å². The minimum Gasteiger partial charge on any atom is -0.504 e. The van der Waals surface area contributed by atoms with E-state index in [1.54, 1.807) is 31.2 Å². The molecule has 1 amide bonds. The van der Waals surface area contributed by atoms with Crippen LogP contribution in [0, 0.1) is 6.92 Å². The number of nitrogens with zero attached hydrogens (tertiary/aromatic N) is 1. The summed E-state index contributed by atoms with van der Waals surface area (Å²) >= 11 is 3.28. The molecule has 0 aliphatic carbocycles. The number of aromatic nitrogens is 1. The fourth-order valence-corrected chi connectivity index (χ4v) is 1.96. The fraction of sp³-hybridized carbons (Fsp3) is 0.0769. The zero-order chi connectivity index (χ0) is 14.0. The number of anilines is 2. The number of nitrogens with one attached hydrogen (secondary N) is 1. The van der Waals surface area contributed by atoms with Crippen molar-refractivity contribution in [2.24, 2.45) is 0 Å². The lowest BCUT2D eigenvalue weighted by molar-refractivity contribution is 0.102. The molecule has 98 valence electrons. The lowest BCUT2D eigenvalue weighted by Crippen LogP contribution is -2.14. The van der Waals surface area contributed by atoms with Crippen LogP contribution in [0.4, 0.5) is 11.5 Å². The van der Waals surface area contributed by atoms with Gasteiger partial charge < -0.3 is 16.2 Å². The molecule has 1 heterocycles. The van der Waals surface area contributed by atoms with Crippen molar-refractivity contribution in [2.75, 3.05) is 11.1 Å². The van der Waals surface area contributed by atoms with Gasteiger partial charge in [-0.1, -0.05) is 0 Å². The van der Waals surface area contributed by atoms with Crippen molar-refractivity contribution < 1.29 is 9.90 Å². The monoisotopic (exact) mass is 321 g/mol. The number of benzene rings is 1. The summed E-state index contributed by atoms with van der Waals surface area (Å²) < 4.78 is 0.617. The third-order valence-electron chi connectivity index (χ3n) is 2.48. The maximum absolute atomic E-state index is 12.1. The number of carbonyl (C=O) groups is 1. The van der Waals surface area contributed by atoms with Crippen LogP contribution in [0.5, 0.6) is 5.75 Å². The van der Waals surface area contributed by atoms with Crippen LogP contribution in [0.3, 0.4) is 0 Å². The van der Waals surface area contributed by atoms with Crippen LogP contribution in [-0.4, -0.2) is 16.0 Å². The Balaban J connectivity index is 2.30. The normalized spacial score (nSPS) is 10.2. The van der Waals surface area contributed by atoms with Gasteiger partial charge in [-0.3, -0.25) is 4.79 Å². The van der Waals surface area contributed by atoms with Gasteiger partial charge in [0.05, 0.1) is 5.56 Å². The number of amides is 1. The standard InChI is InChI=1S/C13H12BrN3O2/c1-7-2-5-11(18)12(16-7)17-13(19)9-6-8(15)3-4-10(9)14/h2-6,18H,15H2,1H3,(H,16,17,19). The Morgan fingerprint density at radius 2 is 2.11 bits per heavy atom. The fourth-order valence-electron chi connectivity index (χ4n) is 1.53. The Bertz CT molecular complexity index is 644. The molecule has 1 aromatic heterocycles. The van der Waals surface area contributed by atoms with Gasteiger partial charge in [0.1, 0.15) is 0 Å². The van der Waals surface area contributed by atoms with Crippen molar-refractivity contribution in [1.82, 2.24) is 4.98 Å². The van der Waals surface area contributed by atoms with Crippen molar-refractivity contribution in [2.45, 2.75) is 6.92 Å². The number of hydrogen-bond donors (Lipinski definition) is 3. The zero-order valence-electron chi connectivity index (χ0n) is 10.1. The number of carbonyl (C=O) groups excluding carboxylic acids is 1. The van der Waals surface area contributed by atoms with E-state index in [1.165, 1.54) is 6.07 Å². The summed E-state index contributed by atoms with van der Waals surface area (Å²) in [5.41, 5.74) is 7.20. The van der Waals surface area contributed by atoms with E-state index in [9.17, 15) is 9.90 Å². The Morgan fingerprint density at radius 3 is 2.84 bits per heavy atom. The average molecular weight is 322 g/mol. The summed E-state index contributed by atoms with van der Waals surface area (Å²) in [6.45, 7) is 1.77. The molecule has 0 radical (unpaired) electrons.